The Morgan fingerprint density at radius 3 is 2.91 bits per heavy atom. The number of amides is 1. The van der Waals surface area contributed by atoms with Crippen molar-refractivity contribution in [2.45, 2.75) is 38.1 Å². The number of anilines is 1. The van der Waals surface area contributed by atoms with E-state index in [0.717, 1.165) is 30.8 Å². The molecule has 2 N–H and O–H groups in total. The molecular weight excluding hydrogens is 296 g/mol. The monoisotopic (exact) mass is 316 g/mol. The van der Waals surface area contributed by atoms with Crippen LogP contribution < -0.4 is 10.6 Å². The number of hydrogen-bond donors (Lipinski definition) is 2. The van der Waals surface area contributed by atoms with E-state index in [2.05, 4.69) is 39.9 Å². The van der Waals surface area contributed by atoms with E-state index in [0.29, 0.717) is 5.13 Å². The molecule has 1 aliphatic rings. The number of aromatic nitrogens is 2. The minimum absolute atomic E-state index is 0.00652. The van der Waals surface area contributed by atoms with Gasteiger partial charge in [-0.3, -0.25) is 10.1 Å². The molecule has 1 aromatic carbocycles. The molecule has 1 amide bonds. The van der Waals surface area contributed by atoms with Crippen molar-refractivity contribution in [2.75, 3.05) is 11.9 Å². The molecule has 6 heteroatoms. The Labute approximate surface area is 134 Å². The van der Waals surface area contributed by atoms with Gasteiger partial charge in [-0.15, -0.1) is 10.2 Å². The minimum atomic E-state index is -0.0940. The molecule has 3 rings (SSSR count). The average molecular weight is 316 g/mol. The number of rotatable bonds is 5. The van der Waals surface area contributed by atoms with Crippen molar-refractivity contribution < 1.29 is 4.79 Å². The molecule has 22 heavy (non-hydrogen) atoms. The van der Waals surface area contributed by atoms with Crippen molar-refractivity contribution in [2.24, 2.45) is 0 Å². The lowest BCUT2D eigenvalue weighted by molar-refractivity contribution is -0.117. The van der Waals surface area contributed by atoms with Gasteiger partial charge in [0.15, 0.2) is 0 Å². The Kier molecular flexibility index (Phi) is 4.80. The van der Waals surface area contributed by atoms with Gasteiger partial charge in [-0.05, 0) is 31.4 Å². The van der Waals surface area contributed by atoms with Gasteiger partial charge in [0.2, 0.25) is 11.0 Å². The zero-order valence-electron chi connectivity index (χ0n) is 12.6. The van der Waals surface area contributed by atoms with Gasteiger partial charge >= 0.3 is 0 Å². The van der Waals surface area contributed by atoms with Crippen LogP contribution in [-0.4, -0.2) is 28.7 Å². The fraction of sp³-hybridized carbons (Fsp3) is 0.438. The first-order chi connectivity index (χ1) is 10.8. The zero-order valence-corrected chi connectivity index (χ0v) is 13.4. The third-order valence-electron chi connectivity index (χ3n) is 3.96. The molecule has 1 aromatic heterocycles. The second-order valence-corrected chi connectivity index (χ2v) is 6.46. The molecule has 1 aliphatic heterocycles. The minimum Gasteiger partial charge on any atom is -0.306 e. The standard InChI is InChI=1S/C16H20N4OS/c1-2-12(11-7-4-3-5-8-11)15-19-20-16(22-15)18-14(21)13-9-6-10-17-13/h3-5,7-8,12-13,17H,2,6,9-10H2,1H3,(H,18,20,21). The van der Waals surface area contributed by atoms with Gasteiger partial charge in [0.1, 0.15) is 5.01 Å². The predicted molar refractivity (Wildman–Crippen MR) is 88.1 cm³/mol. The molecule has 1 fully saturated rings. The van der Waals surface area contributed by atoms with Crippen molar-refractivity contribution >= 4 is 22.4 Å². The summed E-state index contributed by atoms with van der Waals surface area (Å²) < 4.78 is 0. The van der Waals surface area contributed by atoms with Crippen LogP contribution in [0.5, 0.6) is 0 Å². The smallest absolute Gasteiger partial charge is 0.243 e. The van der Waals surface area contributed by atoms with E-state index in [4.69, 9.17) is 0 Å². The number of carbonyl (C=O) groups excluding carboxylic acids is 1. The third-order valence-corrected chi connectivity index (χ3v) is 4.91. The van der Waals surface area contributed by atoms with Crippen molar-refractivity contribution in [3.63, 3.8) is 0 Å². The number of nitrogens with one attached hydrogen (secondary N) is 2. The highest BCUT2D eigenvalue weighted by molar-refractivity contribution is 7.15. The molecule has 2 aromatic rings. The highest BCUT2D eigenvalue weighted by atomic mass is 32.1. The lowest BCUT2D eigenvalue weighted by Gasteiger charge is -2.11. The second-order valence-electron chi connectivity index (χ2n) is 5.46. The summed E-state index contributed by atoms with van der Waals surface area (Å²) >= 11 is 1.47. The first-order valence-electron chi connectivity index (χ1n) is 7.70. The van der Waals surface area contributed by atoms with Gasteiger partial charge in [0.25, 0.3) is 0 Å². The summed E-state index contributed by atoms with van der Waals surface area (Å²) in [7, 11) is 0. The maximum Gasteiger partial charge on any atom is 0.243 e. The maximum absolute atomic E-state index is 12.1. The third kappa shape index (κ3) is 3.34. The SMILES string of the molecule is CCC(c1ccccc1)c1nnc(NC(=O)C2CCCN2)s1. The van der Waals surface area contributed by atoms with Gasteiger partial charge in [-0.2, -0.15) is 0 Å². The van der Waals surface area contributed by atoms with Crippen molar-refractivity contribution in [1.82, 2.24) is 15.5 Å². The number of carbonyl (C=O) groups is 1. The van der Waals surface area contributed by atoms with Gasteiger partial charge in [0.05, 0.1) is 6.04 Å². The number of nitrogens with zero attached hydrogens (tertiary/aromatic N) is 2. The summed E-state index contributed by atoms with van der Waals surface area (Å²) in [5.41, 5.74) is 1.23. The molecule has 0 radical (unpaired) electrons. The van der Waals surface area contributed by atoms with Crippen molar-refractivity contribution in [3.8, 4) is 0 Å². The first kappa shape index (κ1) is 15.1. The van der Waals surface area contributed by atoms with E-state index < -0.39 is 0 Å². The zero-order chi connectivity index (χ0) is 15.4. The summed E-state index contributed by atoms with van der Waals surface area (Å²) in [4.78, 5) is 12.1. The molecule has 0 aliphatic carbocycles. The number of hydrogen-bond acceptors (Lipinski definition) is 5. The van der Waals surface area contributed by atoms with Crippen LogP contribution in [0.3, 0.4) is 0 Å². The van der Waals surface area contributed by atoms with E-state index in [-0.39, 0.29) is 17.9 Å². The van der Waals surface area contributed by atoms with E-state index in [1.165, 1.54) is 16.9 Å². The van der Waals surface area contributed by atoms with Crippen LogP contribution in [0.2, 0.25) is 0 Å². The molecule has 0 bridgehead atoms. The van der Waals surface area contributed by atoms with Gasteiger partial charge < -0.3 is 5.32 Å². The lowest BCUT2D eigenvalue weighted by Crippen LogP contribution is -2.35. The molecule has 2 unspecified atom stereocenters. The largest absolute Gasteiger partial charge is 0.306 e. The Morgan fingerprint density at radius 1 is 1.41 bits per heavy atom. The predicted octanol–water partition coefficient (Wildman–Crippen LogP) is 2.77. The maximum atomic E-state index is 12.1. The molecular formula is C16H20N4OS. The van der Waals surface area contributed by atoms with Crippen LogP contribution >= 0.6 is 11.3 Å². The van der Waals surface area contributed by atoms with Crippen LogP contribution in [0.1, 0.15) is 42.7 Å². The van der Waals surface area contributed by atoms with Gasteiger partial charge in [0, 0.05) is 5.92 Å². The van der Waals surface area contributed by atoms with Crippen LogP contribution in [0.25, 0.3) is 0 Å². The fourth-order valence-electron chi connectivity index (χ4n) is 2.76. The Hall–Kier alpha value is -1.79. The average Bonchev–Trinajstić information content (AvgIpc) is 3.21. The molecule has 116 valence electrons. The normalized spacial score (nSPS) is 19.0. The summed E-state index contributed by atoms with van der Waals surface area (Å²) in [6.07, 6.45) is 2.89. The molecule has 1 saturated heterocycles. The van der Waals surface area contributed by atoms with E-state index in [9.17, 15) is 4.79 Å². The topological polar surface area (TPSA) is 66.9 Å². The Bertz CT molecular complexity index is 622. The van der Waals surface area contributed by atoms with E-state index in [1.807, 2.05) is 18.2 Å². The van der Waals surface area contributed by atoms with Gasteiger partial charge in [-0.1, -0.05) is 48.6 Å². The quantitative estimate of drug-likeness (QED) is 0.890. The highest BCUT2D eigenvalue weighted by Crippen LogP contribution is 2.31. The van der Waals surface area contributed by atoms with Crippen LogP contribution in [0.4, 0.5) is 5.13 Å². The molecule has 0 spiro atoms. The first-order valence-corrected chi connectivity index (χ1v) is 8.52. The van der Waals surface area contributed by atoms with Crippen LogP contribution in [0.15, 0.2) is 30.3 Å². The molecule has 2 atom stereocenters. The van der Waals surface area contributed by atoms with Crippen LogP contribution in [0, 0.1) is 0 Å². The van der Waals surface area contributed by atoms with Crippen molar-refractivity contribution in [1.29, 1.82) is 0 Å². The highest BCUT2D eigenvalue weighted by Gasteiger charge is 2.24. The Balaban J connectivity index is 1.71. The van der Waals surface area contributed by atoms with Crippen molar-refractivity contribution in [3.05, 3.63) is 40.9 Å². The van der Waals surface area contributed by atoms with E-state index >= 15 is 0 Å². The summed E-state index contributed by atoms with van der Waals surface area (Å²) in [6.45, 7) is 3.05. The Morgan fingerprint density at radius 2 is 2.23 bits per heavy atom. The summed E-state index contributed by atoms with van der Waals surface area (Å²) in [6, 6.07) is 10.2. The molecule has 0 saturated carbocycles. The lowest BCUT2D eigenvalue weighted by atomic mass is 9.97. The molecule has 2 heterocycles. The fourth-order valence-corrected chi connectivity index (χ4v) is 3.72. The van der Waals surface area contributed by atoms with Crippen LogP contribution in [-0.2, 0) is 4.79 Å². The number of benzene rings is 1. The van der Waals surface area contributed by atoms with E-state index in [1.54, 1.807) is 0 Å². The van der Waals surface area contributed by atoms with Gasteiger partial charge in [-0.25, -0.2) is 0 Å². The summed E-state index contributed by atoms with van der Waals surface area (Å²) in [5, 5.41) is 16.0. The summed E-state index contributed by atoms with van der Waals surface area (Å²) in [5.74, 6) is 0.224. The molecule has 5 nitrogen and oxygen atoms in total. The second kappa shape index (κ2) is 6.98.